The molecule has 0 fully saturated rings. The van der Waals surface area contributed by atoms with Crippen LogP contribution in [0.2, 0.25) is 0 Å². The summed E-state index contributed by atoms with van der Waals surface area (Å²) in [4.78, 5) is 11.1. The van der Waals surface area contributed by atoms with Gasteiger partial charge in [0.15, 0.2) is 0 Å². The van der Waals surface area contributed by atoms with Crippen LogP contribution in [0.4, 0.5) is 74.6 Å². The summed E-state index contributed by atoms with van der Waals surface area (Å²) in [7, 11) is 0. The van der Waals surface area contributed by atoms with Gasteiger partial charge in [-0.15, -0.1) is 0 Å². The van der Waals surface area contributed by atoms with E-state index in [1.54, 1.807) is 4.74 Å². The van der Waals surface area contributed by atoms with E-state index in [0.29, 0.717) is 0 Å². The van der Waals surface area contributed by atoms with Crippen LogP contribution in [0.15, 0.2) is 0 Å². The Morgan fingerprint density at radius 3 is 1.41 bits per heavy atom. The van der Waals surface area contributed by atoms with Crippen molar-refractivity contribution in [1.82, 2.24) is 0 Å². The Bertz CT molecular complexity index is 781. The lowest BCUT2D eigenvalue weighted by atomic mass is 10.2. The molecule has 0 unspecified atom stereocenters. The van der Waals surface area contributed by atoms with E-state index >= 15 is 0 Å². The molecule has 22 heteroatoms. The van der Waals surface area contributed by atoms with Crippen molar-refractivity contribution < 1.29 is 93.6 Å². The second-order valence-electron chi connectivity index (χ2n) is 5.54. The predicted molar refractivity (Wildman–Crippen MR) is 64.0 cm³/mol. The normalized spacial score (nSPS) is 18.0. The van der Waals surface area contributed by atoms with E-state index in [1.807, 2.05) is 0 Å². The molecule has 0 spiro atoms. The number of carbonyl (C=O) groups excluding carboxylic acids is 1. The van der Waals surface area contributed by atoms with Gasteiger partial charge >= 0.3 is 54.3 Å². The average Bonchev–Trinajstić information content (AvgIpc) is 2.57. The van der Waals surface area contributed by atoms with Gasteiger partial charge in [0.1, 0.15) is 6.61 Å². The van der Waals surface area contributed by atoms with Crippen LogP contribution in [0.5, 0.6) is 0 Å². The number of hydrogen-bond acceptors (Lipinski definition) is 5. The van der Waals surface area contributed by atoms with Crippen molar-refractivity contribution in [3.8, 4) is 6.07 Å². The second kappa shape index (κ2) is 9.04. The fraction of sp³-hybridized carbons (Fsp3) is 0.833. The van der Waals surface area contributed by atoms with Crippen LogP contribution in [0.25, 0.3) is 0 Å². The topological polar surface area (TPSA) is 68.5 Å². The van der Waals surface area contributed by atoms with E-state index in [2.05, 4.69) is 4.74 Å². The maximum atomic E-state index is 13.9. The van der Waals surface area contributed by atoms with Crippen molar-refractivity contribution in [1.29, 1.82) is 5.26 Å². The quantitative estimate of drug-likeness (QED) is 0.222. The molecule has 0 rings (SSSR count). The molecule has 0 heterocycles. The predicted octanol–water partition coefficient (Wildman–Crippen LogP) is 5.32. The van der Waals surface area contributed by atoms with Gasteiger partial charge in [-0.1, -0.05) is 0 Å². The number of ether oxygens (including phenoxy) is 3. The SMILES string of the molecule is N#CCCOC(=O)[C@@](F)(OC(F)(F)[C@@](F)(OC(F)(F)C(F)(F)C(F)(F)F)C(F)(F)F)C(F)(F)F. The first-order valence-corrected chi connectivity index (χ1v) is 7.30. The van der Waals surface area contributed by atoms with Crippen molar-refractivity contribution >= 4 is 5.97 Å². The molecule has 0 aliphatic rings. The van der Waals surface area contributed by atoms with Crippen LogP contribution in [-0.2, 0) is 19.0 Å². The summed E-state index contributed by atoms with van der Waals surface area (Å²) < 4.78 is 225. The van der Waals surface area contributed by atoms with Gasteiger partial charge in [-0.3, -0.25) is 9.47 Å². The number of alkyl halides is 17. The van der Waals surface area contributed by atoms with E-state index < -0.39 is 67.4 Å². The van der Waals surface area contributed by atoms with Crippen molar-refractivity contribution in [3.63, 3.8) is 0 Å². The first kappa shape index (κ1) is 31.7. The van der Waals surface area contributed by atoms with E-state index in [4.69, 9.17) is 5.26 Å². The average molecular weight is 549 g/mol. The zero-order chi connectivity index (χ0) is 27.8. The molecule has 2 atom stereocenters. The monoisotopic (exact) mass is 549 g/mol. The number of hydrogen-bond donors (Lipinski definition) is 0. The fourth-order valence-electron chi connectivity index (χ4n) is 1.43. The Morgan fingerprint density at radius 1 is 0.647 bits per heavy atom. The molecule has 0 N–H and O–H groups in total. The van der Waals surface area contributed by atoms with Crippen LogP contribution < -0.4 is 0 Å². The molecule has 0 aliphatic heterocycles. The van der Waals surface area contributed by atoms with Crippen molar-refractivity contribution in [2.45, 2.75) is 54.8 Å². The largest absolute Gasteiger partial charge is 0.462 e. The summed E-state index contributed by atoms with van der Waals surface area (Å²) in [5, 5.41) is 8.04. The van der Waals surface area contributed by atoms with E-state index in [1.165, 1.54) is 4.74 Å². The lowest BCUT2D eigenvalue weighted by molar-refractivity contribution is -0.548. The Balaban J connectivity index is 6.65. The highest BCUT2D eigenvalue weighted by Crippen LogP contribution is 2.56. The molecular formula is C12H4F17NO4. The summed E-state index contributed by atoms with van der Waals surface area (Å²) in [5.41, 5.74) is 0. The van der Waals surface area contributed by atoms with Gasteiger partial charge in [0.25, 0.3) is 0 Å². The van der Waals surface area contributed by atoms with Crippen molar-refractivity contribution in [2.24, 2.45) is 0 Å². The summed E-state index contributed by atoms with van der Waals surface area (Å²) in [6.45, 7) is -1.60. The molecule has 0 bridgehead atoms. The van der Waals surface area contributed by atoms with Crippen LogP contribution >= 0.6 is 0 Å². The zero-order valence-corrected chi connectivity index (χ0v) is 14.9. The van der Waals surface area contributed by atoms with Gasteiger partial charge < -0.3 is 4.74 Å². The third-order valence-corrected chi connectivity index (χ3v) is 3.07. The Morgan fingerprint density at radius 2 is 1.09 bits per heavy atom. The second-order valence-corrected chi connectivity index (χ2v) is 5.54. The number of esters is 1. The molecule has 0 saturated heterocycles. The fourth-order valence-corrected chi connectivity index (χ4v) is 1.43. The first-order valence-electron chi connectivity index (χ1n) is 7.30. The first-order chi connectivity index (χ1) is 14.6. The highest BCUT2D eigenvalue weighted by atomic mass is 19.4. The lowest BCUT2D eigenvalue weighted by Crippen LogP contribution is -2.68. The molecule has 0 radical (unpaired) electrons. The molecule has 0 amide bonds. The van der Waals surface area contributed by atoms with Crippen LogP contribution in [0.1, 0.15) is 6.42 Å². The third-order valence-electron chi connectivity index (χ3n) is 3.07. The number of rotatable bonds is 9. The molecule has 34 heavy (non-hydrogen) atoms. The van der Waals surface area contributed by atoms with E-state index in [9.17, 15) is 79.4 Å². The maximum absolute atomic E-state index is 13.9. The van der Waals surface area contributed by atoms with E-state index in [-0.39, 0.29) is 0 Å². The highest BCUT2D eigenvalue weighted by Gasteiger charge is 2.85. The number of nitriles is 1. The smallest absolute Gasteiger partial charge is 0.460 e. The molecule has 0 aromatic carbocycles. The molecule has 5 nitrogen and oxygen atoms in total. The Labute approximate surface area is 173 Å². The summed E-state index contributed by atoms with van der Waals surface area (Å²) in [6, 6.07) is 1.01. The summed E-state index contributed by atoms with van der Waals surface area (Å²) in [5.74, 6) is -26.7. The number of nitrogens with zero attached hydrogens (tertiary/aromatic N) is 1. The molecule has 0 aromatic heterocycles. The molecule has 200 valence electrons. The highest BCUT2D eigenvalue weighted by molar-refractivity contribution is 5.78. The zero-order valence-electron chi connectivity index (χ0n) is 14.9. The molecular weight excluding hydrogens is 545 g/mol. The lowest BCUT2D eigenvalue weighted by Gasteiger charge is -2.39. The minimum absolute atomic E-state index is 1.01. The van der Waals surface area contributed by atoms with Crippen LogP contribution in [0.3, 0.4) is 0 Å². The third kappa shape index (κ3) is 5.66. The summed E-state index contributed by atoms with van der Waals surface area (Å²) in [6.07, 6.45) is -39.9. The Hall–Kier alpha value is -2.31. The standard InChI is InChI=1S/C12H4F17NO4/c13-5(8(17,18)19,4(31)32-3-1-2-30)33-12(28,29)7(16,10(23,24)25)34-11(26,27)6(14,15)9(20,21)22/h1,3H2/t5-,7+/m1/s1. The van der Waals surface area contributed by atoms with Crippen molar-refractivity contribution in [3.05, 3.63) is 0 Å². The number of halogens is 17. The van der Waals surface area contributed by atoms with Gasteiger partial charge in [-0.05, 0) is 0 Å². The van der Waals surface area contributed by atoms with Gasteiger partial charge in [0.2, 0.25) is 0 Å². The minimum atomic E-state index is -8.09. The Kier molecular flexibility index (Phi) is 8.43. The minimum Gasteiger partial charge on any atom is -0.460 e. The molecule has 0 aliphatic carbocycles. The van der Waals surface area contributed by atoms with Gasteiger partial charge in [0.05, 0.1) is 12.5 Å². The molecule has 0 aromatic rings. The van der Waals surface area contributed by atoms with Gasteiger partial charge in [0, 0.05) is 0 Å². The van der Waals surface area contributed by atoms with Crippen molar-refractivity contribution in [2.75, 3.05) is 6.61 Å². The van der Waals surface area contributed by atoms with Crippen LogP contribution in [0, 0.1) is 11.3 Å². The van der Waals surface area contributed by atoms with Gasteiger partial charge in [-0.25, -0.2) is 4.79 Å². The van der Waals surface area contributed by atoms with Crippen LogP contribution in [-0.4, -0.2) is 61.0 Å². The van der Waals surface area contributed by atoms with E-state index in [0.717, 1.165) is 6.07 Å². The molecule has 0 saturated carbocycles. The number of carbonyl (C=O) groups is 1. The maximum Gasteiger partial charge on any atom is 0.462 e. The summed E-state index contributed by atoms with van der Waals surface area (Å²) >= 11 is 0. The van der Waals surface area contributed by atoms with Gasteiger partial charge in [-0.2, -0.15) is 79.9 Å².